The van der Waals surface area contributed by atoms with Gasteiger partial charge in [-0.1, -0.05) is 0 Å². The number of halogens is 3. The second-order valence-corrected chi connectivity index (χ2v) is 8.93. The number of rotatable bonds is 8. The first-order valence-corrected chi connectivity index (χ1v) is 11.1. The summed E-state index contributed by atoms with van der Waals surface area (Å²) in [7, 11) is 0. The summed E-state index contributed by atoms with van der Waals surface area (Å²) in [6, 6.07) is 0. The van der Waals surface area contributed by atoms with Crippen LogP contribution in [0.5, 0.6) is 0 Å². The lowest BCUT2D eigenvalue weighted by Gasteiger charge is -2.29. The van der Waals surface area contributed by atoms with Gasteiger partial charge in [-0.2, -0.15) is 13.2 Å². The van der Waals surface area contributed by atoms with Crippen LogP contribution in [0.25, 0.3) is 10.0 Å². The molecule has 1 saturated carbocycles. The number of carbonyl (C=O) groups excluding carboxylic acids is 1. The Labute approximate surface area is 173 Å². The molecule has 3 heterocycles. The molecule has 1 saturated heterocycles. The molecule has 0 atom stereocenters. The molecule has 0 spiro atoms. The molecule has 1 aliphatic heterocycles. The predicted molar refractivity (Wildman–Crippen MR) is 102 cm³/mol. The fraction of sp³-hybridized carbons (Fsp3) is 0.611. The van der Waals surface area contributed by atoms with Crippen molar-refractivity contribution in [1.82, 2.24) is 15.3 Å². The van der Waals surface area contributed by atoms with Crippen LogP contribution < -0.4 is 5.32 Å². The van der Waals surface area contributed by atoms with Crippen LogP contribution in [-0.4, -0.2) is 47.6 Å². The maximum absolute atomic E-state index is 13.2. The minimum Gasteiger partial charge on any atom is -0.351 e. The lowest BCUT2D eigenvalue weighted by Crippen LogP contribution is -2.46. The average molecular weight is 448 g/mol. The van der Waals surface area contributed by atoms with Crippen LogP contribution >= 0.6 is 22.7 Å². The van der Waals surface area contributed by atoms with Crippen molar-refractivity contribution in [3.8, 4) is 10.0 Å². The third-order valence-electron chi connectivity index (χ3n) is 4.84. The van der Waals surface area contributed by atoms with Gasteiger partial charge < -0.3 is 14.8 Å². The molecule has 1 aliphatic carbocycles. The Morgan fingerprint density at radius 1 is 1.24 bits per heavy atom. The first-order chi connectivity index (χ1) is 13.9. The fourth-order valence-electron chi connectivity index (χ4n) is 3.21. The van der Waals surface area contributed by atoms with Gasteiger partial charge in [0.2, 0.25) is 0 Å². The summed E-state index contributed by atoms with van der Waals surface area (Å²) >= 11 is 2.97. The van der Waals surface area contributed by atoms with Crippen molar-refractivity contribution in [2.75, 3.05) is 19.8 Å². The van der Waals surface area contributed by atoms with Gasteiger partial charge in [0.1, 0.15) is 5.69 Å². The maximum Gasteiger partial charge on any atom is 0.443 e. The van der Waals surface area contributed by atoms with Crippen molar-refractivity contribution in [2.24, 2.45) is 0 Å². The quantitative estimate of drug-likeness (QED) is 0.609. The number of alkyl halides is 3. The molecule has 0 unspecified atom stereocenters. The largest absolute Gasteiger partial charge is 0.443 e. The van der Waals surface area contributed by atoms with Gasteiger partial charge >= 0.3 is 6.18 Å². The fourth-order valence-corrected chi connectivity index (χ4v) is 5.12. The SMILES string of the molecule is O=C(NCCCCC1(C(F)(F)F)OCCO1)c1nc(-c2nccs2)sc1C1CC1. The first-order valence-electron chi connectivity index (χ1n) is 9.43. The van der Waals surface area contributed by atoms with E-state index in [1.807, 2.05) is 5.38 Å². The molecule has 2 aromatic heterocycles. The molecule has 2 aliphatic rings. The number of ether oxygens (including phenoxy) is 2. The number of unbranched alkanes of at least 4 members (excludes halogenated alkanes) is 1. The van der Waals surface area contributed by atoms with Crippen molar-refractivity contribution < 1.29 is 27.4 Å². The van der Waals surface area contributed by atoms with Crippen LogP contribution in [0.1, 0.15) is 53.4 Å². The van der Waals surface area contributed by atoms with Gasteiger partial charge in [-0.15, -0.1) is 22.7 Å². The zero-order valence-electron chi connectivity index (χ0n) is 15.5. The summed E-state index contributed by atoms with van der Waals surface area (Å²) in [5.74, 6) is -2.43. The zero-order chi connectivity index (χ0) is 20.5. The van der Waals surface area contributed by atoms with E-state index in [0.717, 1.165) is 27.7 Å². The molecule has 2 aromatic rings. The Balaban J connectivity index is 1.31. The summed E-state index contributed by atoms with van der Waals surface area (Å²) < 4.78 is 49.2. The van der Waals surface area contributed by atoms with E-state index in [2.05, 4.69) is 15.3 Å². The van der Waals surface area contributed by atoms with Crippen LogP contribution in [0.15, 0.2) is 11.6 Å². The third-order valence-corrected chi connectivity index (χ3v) is 6.97. The Morgan fingerprint density at radius 3 is 2.62 bits per heavy atom. The molecule has 6 nitrogen and oxygen atoms in total. The maximum atomic E-state index is 13.2. The van der Waals surface area contributed by atoms with Crippen molar-refractivity contribution in [1.29, 1.82) is 0 Å². The first kappa shape index (κ1) is 20.7. The third kappa shape index (κ3) is 4.47. The Kier molecular flexibility index (Phi) is 5.92. The van der Waals surface area contributed by atoms with E-state index in [4.69, 9.17) is 9.47 Å². The van der Waals surface area contributed by atoms with E-state index in [0.29, 0.717) is 18.0 Å². The Bertz CT molecular complexity index is 844. The number of thiazole rings is 2. The van der Waals surface area contributed by atoms with Gasteiger partial charge in [0, 0.05) is 29.4 Å². The van der Waals surface area contributed by atoms with Crippen molar-refractivity contribution in [3.05, 3.63) is 22.1 Å². The van der Waals surface area contributed by atoms with E-state index in [1.54, 1.807) is 6.20 Å². The predicted octanol–water partition coefficient (Wildman–Crippen LogP) is 4.35. The second kappa shape index (κ2) is 8.29. The zero-order valence-corrected chi connectivity index (χ0v) is 17.1. The highest BCUT2D eigenvalue weighted by molar-refractivity contribution is 7.20. The van der Waals surface area contributed by atoms with Crippen LogP contribution in [0.4, 0.5) is 13.2 Å². The summed E-state index contributed by atoms with van der Waals surface area (Å²) in [5.41, 5.74) is 0.414. The minimum absolute atomic E-state index is 0.0640. The molecular formula is C18H20F3N3O3S2. The number of hydrogen-bond donors (Lipinski definition) is 1. The smallest absolute Gasteiger partial charge is 0.351 e. The molecule has 0 bridgehead atoms. The van der Waals surface area contributed by atoms with Gasteiger partial charge in [-0.3, -0.25) is 4.79 Å². The molecule has 0 aromatic carbocycles. The molecule has 29 heavy (non-hydrogen) atoms. The van der Waals surface area contributed by atoms with Gasteiger partial charge in [-0.05, 0) is 31.6 Å². The van der Waals surface area contributed by atoms with Gasteiger partial charge in [0.05, 0.1) is 13.2 Å². The number of amides is 1. The molecule has 1 N–H and O–H groups in total. The van der Waals surface area contributed by atoms with Crippen LogP contribution in [0.3, 0.4) is 0 Å². The highest BCUT2D eigenvalue weighted by Gasteiger charge is 2.59. The normalized spacial score (nSPS) is 18.9. The van der Waals surface area contributed by atoms with Gasteiger partial charge in [0.25, 0.3) is 11.7 Å². The molecule has 0 radical (unpaired) electrons. The summed E-state index contributed by atoms with van der Waals surface area (Å²) in [6.07, 6.45) is -0.472. The van der Waals surface area contributed by atoms with Crippen molar-refractivity contribution in [2.45, 2.75) is 50.0 Å². The van der Waals surface area contributed by atoms with E-state index >= 15 is 0 Å². The van der Waals surface area contributed by atoms with Crippen molar-refractivity contribution in [3.63, 3.8) is 0 Å². The lowest BCUT2D eigenvalue weighted by atomic mass is 10.1. The highest BCUT2D eigenvalue weighted by atomic mass is 32.1. The molecular weight excluding hydrogens is 427 g/mol. The van der Waals surface area contributed by atoms with E-state index in [9.17, 15) is 18.0 Å². The number of aromatic nitrogens is 2. The lowest BCUT2D eigenvalue weighted by molar-refractivity contribution is -0.346. The average Bonchev–Trinajstić information content (AvgIpc) is 3.09. The van der Waals surface area contributed by atoms with E-state index in [-0.39, 0.29) is 38.5 Å². The summed E-state index contributed by atoms with van der Waals surface area (Å²) in [4.78, 5) is 22.3. The molecule has 1 amide bonds. The van der Waals surface area contributed by atoms with Crippen LogP contribution in [0.2, 0.25) is 0 Å². The molecule has 11 heteroatoms. The number of nitrogens with zero attached hydrogens (tertiary/aromatic N) is 2. The number of nitrogens with one attached hydrogen (secondary N) is 1. The molecule has 158 valence electrons. The Morgan fingerprint density at radius 2 is 2.00 bits per heavy atom. The monoisotopic (exact) mass is 447 g/mol. The molecule has 2 fully saturated rings. The Hall–Kier alpha value is -1.56. The standard InChI is InChI=1S/C18H20F3N3O3S2/c19-18(20,21)17(26-8-9-27-17)5-1-2-6-22-14(25)12-13(11-3-4-11)29-16(24-12)15-23-7-10-28-15/h7,10-11H,1-6,8-9H2,(H,22,25). The van der Waals surface area contributed by atoms with Crippen LogP contribution in [-0.2, 0) is 9.47 Å². The van der Waals surface area contributed by atoms with E-state index in [1.165, 1.54) is 22.7 Å². The molecule has 4 rings (SSSR count). The van der Waals surface area contributed by atoms with Crippen LogP contribution in [0, 0.1) is 0 Å². The second-order valence-electron chi connectivity index (χ2n) is 7.00. The number of hydrogen-bond acceptors (Lipinski definition) is 7. The highest BCUT2D eigenvalue weighted by Crippen LogP contribution is 2.46. The topological polar surface area (TPSA) is 73.3 Å². The summed E-state index contributed by atoms with van der Waals surface area (Å²) in [5, 5.41) is 6.16. The van der Waals surface area contributed by atoms with Gasteiger partial charge in [0.15, 0.2) is 10.0 Å². The minimum atomic E-state index is -4.57. The number of carbonyl (C=O) groups is 1. The summed E-state index contributed by atoms with van der Waals surface area (Å²) in [6.45, 7) is 0.137. The van der Waals surface area contributed by atoms with Crippen molar-refractivity contribution >= 4 is 28.6 Å². The van der Waals surface area contributed by atoms with E-state index < -0.39 is 12.0 Å². The van der Waals surface area contributed by atoms with Gasteiger partial charge in [-0.25, -0.2) is 9.97 Å².